The molecule has 0 saturated carbocycles. The molecule has 1 nitrogen and oxygen atoms in total. The van der Waals surface area contributed by atoms with Crippen LogP contribution in [0.4, 0.5) is 0 Å². The Morgan fingerprint density at radius 1 is 1.36 bits per heavy atom. The van der Waals surface area contributed by atoms with Crippen molar-refractivity contribution in [1.29, 1.82) is 0 Å². The first-order valence-corrected chi connectivity index (χ1v) is 5.95. The quantitative estimate of drug-likeness (QED) is 0.753. The highest BCUT2D eigenvalue weighted by Gasteiger charge is 2.18. The molecule has 0 fully saturated rings. The molecule has 2 rings (SSSR count). The Hall–Kier alpha value is -0.210. The summed E-state index contributed by atoms with van der Waals surface area (Å²) in [5.41, 5.74) is 2.65. The summed E-state index contributed by atoms with van der Waals surface area (Å²) in [7, 11) is 1.65. The molecule has 0 aromatic heterocycles. The molecule has 14 heavy (non-hydrogen) atoms. The van der Waals surface area contributed by atoms with Gasteiger partial charge in [-0.2, -0.15) is 0 Å². The van der Waals surface area contributed by atoms with E-state index in [1.54, 1.807) is 7.11 Å². The summed E-state index contributed by atoms with van der Waals surface area (Å²) >= 11 is 9.75. The van der Waals surface area contributed by atoms with Crippen molar-refractivity contribution in [1.82, 2.24) is 0 Å². The monoisotopic (exact) mass is 274 g/mol. The predicted molar refractivity (Wildman–Crippen MR) is 62.3 cm³/mol. The van der Waals surface area contributed by atoms with E-state index in [1.165, 1.54) is 24.0 Å². The fourth-order valence-electron chi connectivity index (χ4n) is 1.99. The summed E-state index contributed by atoms with van der Waals surface area (Å²) < 4.78 is 6.23. The first-order valence-electron chi connectivity index (χ1n) is 4.77. The van der Waals surface area contributed by atoms with Gasteiger partial charge < -0.3 is 4.74 Å². The van der Waals surface area contributed by atoms with Crippen LogP contribution >= 0.6 is 27.5 Å². The van der Waals surface area contributed by atoms with Crippen LogP contribution in [0.2, 0.25) is 5.02 Å². The predicted octanol–water partition coefficient (Wildman–Crippen LogP) is 3.99. The van der Waals surface area contributed by atoms with Crippen molar-refractivity contribution in [3.8, 4) is 5.75 Å². The van der Waals surface area contributed by atoms with Crippen LogP contribution in [-0.2, 0) is 12.8 Å². The van der Waals surface area contributed by atoms with Crippen molar-refractivity contribution in [3.63, 3.8) is 0 Å². The highest BCUT2D eigenvalue weighted by molar-refractivity contribution is 9.10. The summed E-state index contributed by atoms with van der Waals surface area (Å²) in [6.45, 7) is 0. The van der Waals surface area contributed by atoms with E-state index in [-0.39, 0.29) is 0 Å². The third-order valence-electron chi connectivity index (χ3n) is 2.70. The zero-order chi connectivity index (χ0) is 10.1. The first kappa shape index (κ1) is 10.3. The van der Waals surface area contributed by atoms with Crippen molar-refractivity contribution in [3.05, 3.63) is 26.7 Å². The Kier molecular flexibility index (Phi) is 3.03. The van der Waals surface area contributed by atoms with Crippen LogP contribution in [0.15, 0.2) is 10.5 Å². The molecular weight excluding hydrogens is 263 g/mol. The average molecular weight is 276 g/mol. The smallest absolute Gasteiger partial charge is 0.151 e. The molecular formula is C11H12BrClO. The molecule has 1 aromatic rings. The van der Waals surface area contributed by atoms with E-state index in [2.05, 4.69) is 22.0 Å². The average Bonchev–Trinajstić information content (AvgIpc) is 2.18. The normalized spacial score (nSPS) is 15.1. The lowest BCUT2D eigenvalue weighted by Crippen LogP contribution is -2.04. The van der Waals surface area contributed by atoms with Crippen LogP contribution in [0.25, 0.3) is 0 Å². The molecule has 1 aliphatic carbocycles. The summed E-state index contributed by atoms with van der Waals surface area (Å²) in [5, 5.41) is 0.788. The van der Waals surface area contributed by atoms with Crippen molar-refractivity contribution in [2.24, 2.45) is 0 Å². The van der Waals surface area contributed by atoms with Crippen LogP contribution in [0.3, 0.4) is 0 Å². The van der Waals surface area contributed by atoms with Crippen molar-refractivity contribution >= 4 is 27.5 Å². The van der Waals surface area contributed by atoms with E-state index >= 15 is 0 Å². The van der Waals surface area contributed by atoms with E-state index in [0.717, 1.165) is 28.1 Å². The second-order valence-electron chi connectivity index (χ2n) is 3.55. The van der Waals surface area contributed by atoms with Gasteiger partial charge in [0.1, 0.15) is 0 Å². The zero-order valence-corrected chi connectivity index (χ0v) is 10.4. The molecule has 1 aliphatic rings. The van der Waals surface area contributed by atoms with E-state index < -0.39 is 0 Å². The van der Waals surface area contributed by atoms with Gasteiger partial charge in [-0.15, -0.1) is 0 Å². The Labute approximate surface area is 97.5 Å². The molecule has 0 radical (unpaired) electrons. The Balaban J connectivity index is 2.57. The number of fused-ring (bicyclic) bond motifs is 1. The number of hydrogen-bond donors (Lipinski definition) is 0. The summed E-state index contributed by atoms with van der Waals surface area (Å²) in [6.07, 6.45) is 4.72. The minimum Gasteiger partial charge on any atom is -0.494 e. The molecule has 3 heteroatoms. The molecule has 0 saturated heterocycles. The fraction of sp³-hybridized carbons (Fsp3) is 0.455. The van der Waals surface area contributed by atoms with Gasteiger partial charge in [-0.05, 0) is 58.8 Å². The van der Waals surface area contributed by atoms with Crippen LogP contribution < -0.4 is 4.74 Å². The highest BCUT2D eigenvalue weighted by Crippen LogP contribution is 2.40. The second-order valence-corrected chi connectivity index (χ2v) is 4.78. The summed E-state index contributed by atoms with van der Waals surface area (Å²) in [5.74, 6) is 0.771. The van der Waals surface area contributed by atoms with E-state index in [1.807, 2.05) is 0 Å². The maximum Gasteiger partial charge on any atom is 0.151 e. The number of benzene rings is 1. The molecule has 0 bridgehead atoms. The lowest BCUT2D eigenvalue weighted by Gasteiger charge is -2.19. The molecule has 0 N–H and O–H groups in total. The van der Waals surface area contributed by atoms with Gasteiger partial charge in [-0.3, -0.25) is 0 Å². The van der Waals surface area contributed by atoms with Crippen LogP contribution in [0.1, 0.15) is 24.0 Å². The van der Waals surface area contributed by atoms with Crippen molar-refractivity contribution in [2.45, 2.75) is 25.7 Å². The van der Waals surface area contributed by atoms with Gasteiger partial charge in [-0.1, -0.05) is 11.6 Å². The number of methoxy groups -OCH3 is 1. The molecule has 0 amide bonds. The van der Waals surface area contributed by atoms with Gasteiger partial charge >= 0.3 is 0 Å². The van der Waals surface area contributed by atoms with Crippen LogP contribution in [0.5, 0.6) is 5.75 Å². The van der Waals surface area contributed by atoms with Gasteiger partial charge in [0.05, 0.1) is 16.6 Å². The number of hydrogen-bond acceptors (Lipinski definition) is 1. The van der Waals surface area contributed by atoms with Gasteiger partial charge in [0.2, 0.25) is 0 Å². The van der Waals surface area contributed by atoms with Crippen molar-refractivity contribution < 1.29 is 4.74 Å². The highest BCUT2D eigenvalue weighted by atomic mass is 79.9. The first-order chi connectivity index (χ1) is 6.74. The van der Waals surface area contributed by atoms with E-state index in [9.17, 15) is 0 Å². The molecule has 0 aliphatic heterocycles. The van der Waals surface area contributed by atoms with E-state index in [0.29, 0.717) is 0 Å². The lowest BCUT2D eigenvalue weighted by atomic mass is 9.91. The van der Waals surface area contributed by atoms with E-state index in [4.69, 9.17) is 16.3 Å². The van der Waals surface area contributed by atoms with Gasteiger partial charge in [0, 0.05) is 0 Å². The maximum atomic E-state index is 6.28. The number of ether oxygens (including phenoxy) is 1. The zero-order valence-electron chi connectivity index (χ0n) is 8.07. The molecule has 0 atom stereocenters. The molecule has 0 unspecified atom stereocenters. The molecule has 1 aromatic carbocycles. The summed E-state index contributed by atoms with van der Waals surface area (Å²) in [6, 6.07) is 2.14. The topological polar surface area (TPSA) is 9.23 Å². The number of halogens is 2. The number of rotatable bonds is 1. The maximum absolute atomic E-state index is 6.28. The summed E-state index contributed by atoms with van der Waals surface area (Å²) in [4.78, 5) is 0. The minimum atomic E-state index is 0.771. The molecule has 76 valence electrons. The largest absolute Gasteiger partial charge is 0.494 e. The molecule has 0 heterocycles. The third-order valence-corrected chi connectivity index (χ3v) is 3.69. The fourth-order valence-corrected chi connectivity index (χ4v) is 3.13. The standard InChI is InChI=1S/C11H12BrClO/c1-14-11-9(12)6-7-4-2-3-5-8(7)10(11)13/h6H,2-5H2,1H3. The Morgan fingerprint density at radius 3 is 2.79 bits per heavy atom. The SMILES string of the molecule is COc1c(Br)cc2c(c1Cl)CCCC2. The van der Waals surface area contributed by atoms with Crippen LogP contribution in [-0.4, -0.2) is 7.11 Å². The van der Waals surface area contributed by atoms with Gasteiger partial charge in [0.15, 0.2) is 5.75 Å². The van der Waals surface area contributed by atoms with Crippen molar-refractivity contribution in [2.75, 3.05) is 7.11 Å². The second kappa shape index (κ2) is 4.11. The number of aryl methyl sites for hydroxylation is 1. The van der Waals surface area contributed by atoms with Crippen LogP contribution in [0, 0.1) is 0 Å². The third kappa shape index (κ3) is 1.66. The lowest BCUT2D eigenvalue weighted by molar-refractivity contribution is 0.411. The molecule has 0 spiro atoms. The Morgan fingerprint density at radius 2 is 2.07 bits per heavy atom. The van der Waals surface area contributed by atoms with Gasteiger partial charge in [-0.25, -0.2) is 0 Å². The Bertz CT molecular complexity index is 363. The minimum absolute atomic E-state index is 0.771. The van der Waals surface area contributed by atoms with Gasteiger partial charge in [0.25, 0.3) is 0 Å².